The summed E-state index contributed by atoms with van der Waals surface area (Å²) in [5.41, 5.74) is 2.92. The van der Waals surface area contributed by atoms with Gasteiger partial charge in [0.05, 0.1) is 24.9 Å². The van der Waals surface area contributed by atoms with E-state index in [1.54, 1.807) is 12.5 Å². The predicted octanol–water partition coefficient (Wildman–Crippen LogP) is 3.87. The summed E-state index contributed by atoms with van der Waals surface area (Å²) < 4.78 is 7.57. The molecule has 2 atom stereocenters. The van der Waals surface area contributed by atoms with Crippen LogP contribution < -0.4 is 4.90 Å². The second-order valence-corrected chi connectivity index (χ2v) is 6.77. The highest BCUT2D eigenvalue weighted by Gasteiger charge is 2.32. The van der Waals surface area contributed by atoms with E-state index in [1.165, 1.54) is 0 Å². The van der Waals surface area contributed by atoms with E-state index in [1.807, 2.05) is 40.8 Å². The molecule has 0 fully saturated rings. The molecule has 0 saturated carbocycles. The molecule has 0 unspecified atom stereocenters. The minimum Gasteiger partial charge on any atom is -0.464 e. The van der Waals surface area contributed by atoms with Crippen molar-refractivity contribution in [2.75, 3.05) is 4.90 Å². The van der Waals surface area contributed by atoms with Crippen LogP contribution in [0.4, 0.5) is 5.82 Å². The third-order valence-electron chi connectivity index (χ3n) is 4.86. The minimum absolute atomic E-state index is 0.0828. The van der Waals surface area contributed by atoms with Crippen LogP contribution >= 0.6 is 0 Å². The Kier molecular flexibility index (Phi) is 3.44. The molecule has 5 nitrogen and oxygen atoms in total. The van der Waals surface area contributed by atoms with Crippen molar-refractivity contribution in [3.05, 3.63) is 47.9 Å². The Morgan fingerprint density at radius 2 is 2.12 bits per heavy atom. The first-order valence-electron chi connectivity index (χ1n) is 8.37. The topological polar surface area (TPSA) is 51.3 Å². The summed E-state index contributed by atoms with van der Waals surface area (Å²) in [6.45, 7) is 6.27. The lowest BCUT2D eigenvalue weighted by atomic mass is 10.0. The smallest absolute Gasteiger partial charge is 0.232 e. The molecule has 24 heavy (non-hydrogen) atoms. The molecule has 1 aliphatic rings. The maximum atomic E-state index is 13.0. The van der Waals surface area contributed by atoms with Crippen LogP contribution in [0.25, 0.3) is 11.0 Å². The summed E-state index contributed by atoms with van der Waals surface area (Å²) in [5, 5.41) is 5.38. The monoisotopic (exact) mass is 323 g/mol. The molecule has 1 amide bonds. The number of amides is 1. The molecule has 1 aromatic carbocycles. The summed E-state index contributed by atoms with van der Waals surface area (Å²) in [4.78, 5) is 14.9. The first kappa shape index (κ1) is 15.0. The SMILES string of the molecule is Cc1ccc2c(CC(=O)N3c4ccnn4[C@H](C)C[C@H]3C)coc2c1. The van der Waals surface area contributed by atoms with Crippen molar-refractivity contribution in [1.29, 1.82) is 0 Å². The highest BCUT2D eigenvalue weighted by Crippen LogP contribution is 2.32. The maximum absolute atomic E-state index is 13.0. The van der Waals surface area contributed by atoms with Gasteiger partial charge in [-0.3, -0.25) is 9.69 Å². The quantitative estimate of drug-likeness (QED) is 0.719. The lowest BCUT2D eigenvalue weighted by Gasteiger charge is -2.37. The molecule has 0 radical (unpaired) electrons. The van der Waals surface area contributed by atoms with E-state index in [0.717, 1.165) is 34.3 Å². The zero-order chi connectivity index (χ0) is 16.8. The molecule has 2 aromatic heterocycles. The summed E-state index contributed by atoms with van der Waals surface area (Å²) in [6, 6.07) is 8.48. The zero-order valence-corrected chi connectivity index (χ0v) is 14.2. The van der Waals surface area contributed by atoms with Crippen LogP contribution in [0.15, 0.2) is 41.1 Å². The van der Waals surface area contributed by atoms with Gasteiger partial charge in [0.1, 0.15) is 11.4 Å². The van der Waals surface area contributed by atoms with Crippen molar-refractivity contribution in [3.63, 3.8) is 0 Å². The van der Waals surface area contributed by atoms with E-state index in [-0.39, 0.29) is 11.9 Å². The Bertz CT molecular complexity index is 908. The number of hydrogen-bond donors (Lipinski definition) is 0. The number of furan rings is 1. The van der Waals surface area contributed by atoms with Crippen molar-refractivity contribution in [3.8, 4) is 0 Å². The number of aromatic nitrogens is 2. The van der Waals surface area contributed by atoms with E-state index in [4.69, 9.17) is 4.42 Å². The molecule has 0 N–H and O–H groups in total. The minimum atomic E-state index is 0.0828. The molecule has 3 aromatic rings. The number of anilines is 1. The molecule has 3 heterocycles. The Morgan fingerprint density at radius 1 is 1.29 bits per heavy atom. The van der Waals surface area contributed by atoms with Crippen LogP contribution in [-0.4, -0.2) is 21.7 Å². The van der Waals surface area contributed by atoms with Crippen LogP contribution in [-0.2, 0) is 11.2 Å². The fourth-order valence-corrected chi connectivity index (χ4v) is 3.71. The van der Waals surface area contributed by atoms with Gasteiger partial charge in [-0.2, -0.15) is 5.10 Å². The van der Waals surface area contributed by atoms with Crippen molar-refractivity contribution in [2.24, 2.45) is 0 Å². The molecule has 0 bridgehead atoms. The van der Waals surface area contributed by atoms with Gasteiger partial charge in [-0.05, 0) is 38.8 Å². The molecular formula is C19H21N3O2. The summed E-state index contributed by atoms with van der Waals surface area (Å²) in [6.07, 6.45) is 4.71. The zero-order valence-electron chi connectivity index (χ0n) is 14.2. The van der Waals surface area contributed by atoms with Crippen molar-refractivity contribution < 1.29 is 9.21 Å². The summed E-state index contributed by atoms with van der Waals surface area (Å²) in [7, 11) is 0. The largest absolute Gasteiger partial charge is 0.464 e. The average Bonchev–Trinajstić information content (AvgIpc) is 3.15. The van der Waals surface area contributed by atoms with Gasteiger partial charge in [-0.15, -0.1) is 0 Å². The van der Waals surface area contributed by atoms with Gasteiger partial charge in [-0.1, -0.05) is 12.1 Å². The van der Waals surface area contributed by atoms with Crippen LogP contribution in [0.5, 0.6) is 0 Å². The second-order valence-electron chi connectivity index (χ2n) is 6.77. The first-order chi connectivity index (χ1) is 11.5. The Morgan fingerprint density at radius 3 is 2.96 bits per heavy atom. The molecule has 4 rings (SSSR count). The van der Waals surface area contributed by atoms with Crippen LogP contribution in [0.3, 0.4) is 0 Å². The number of benzene rings is 1. The van der Waals surface area contributed by atoms with Crippen molar-refractivity contribution >= 4 is 22.7 Å². The first-order valence-corrected chi connectivity index (χ1v) is 8.37. The third kappa shape index (κ3) is 2.31. The molecule has 0 spiro atoms. The Balaban J connectivity index is 1.65. The van der Waals surface area contributed by atoms with Crippen LogP contribution in [0, 0.1) is 6.92 Å². The van der Waals surface area contributed by atoms with Crippen LogP contribution in [0.1, 0.15) is 37.4 Å². The van der Waals surface area contributed by atoms with Crippen molar-refractivity contribution in [1.82, 2.24) is 9.78 Å². The van der Waals surface area contributed by atoms with Crippen LogP contribution in [0.2, 0.25) is 0 Å². The van der Waals surface area contributed by atoms with Gasteiger partial charge in [0.2, 0.25) is 5.91 Å². The van der Waals surface area contributed by atoms with Gasteiger partial charge in [0.15, 0.2) is 0 Å². The van der Waals surface area contributed by atoms with E-state index in [9.17, 15) is 4.79 Å². The fourth-order valence-electron chi connectivity index (χ4n) is 3.71. The van der Waals surface area contributed by atoms with Gasteiger partial charge in [-0.25, -0.2) is 4.68 Å². The number of fused-ring (bicyclic) bond motifs is 2. The normalized spacial score (nSPS) is 20.4. The van der Waals surface area contributed by atoms with E-state index >= 15 is 0 Å². The highest BCUT2D eigenvalue weighted by atomic mass is 16.3. The maximum Gasteiger partial charge on any atom is 0.232 e. The number of nitrogens with zero attached hydrogens (tertiary/aromatic N) is 3. The number of rotatable bonds is 2. The van der Waals surface area contributed by atoms with E-state index < -0.39 is 0 Å². The van der Waals surface area contributed by atoms with E-state index in [2.05, 4.69) is 18.9 Å². The number of carbonyl (C=O) groups is 1. The lowest BCUT2D eigenvalue weighted by Crippen LogP contribution is -2.45. The number of carbonyl (C=O) groups excluding carboxylic acids is 1. The molecule has 0 aliphatic carbocycles. The second kappa shape index (κ2) is 5.51. The molecule has 5 heteroatoms. The average molecular weight is 323 g/mol. The third-order valence-corrected chi connectivity index (χ3v) is 4.86. The summed E-state index contributed by atoms with van der Waals surface area (Å²) in [5.74, 6) is 0.967. The molecule has 0 saturated heterocycles. The highest BCUT2D eigenvalue weighted by molar-refractivity contribution is 5.97. The number of hydrogen-bond acceptors (Lipinski definition) is 3. The predicted molar refractivity (Wildman–Crippen MR) is 93.2 cm³/mol. The fraction of sp³-hybridized carbons (Fsp3) is 0.368. The van der Waals surface area contributed by atoms with Gasteiger partial charge >= 0.3 is 0 Å². The molecular weight excluding hydrogens is 302 g/mol. The van der Waals surface area contributed by atoms with Gasteiger partial charge in [0, 0.05) is 23.1 Å². The molecule has 1 aliphatic heterocycles. The Hall–Kier alpha value is -2.56. The Labute approximate surface area is 140 Å². The van der Waals surface area contributed by atoms with Crippen molar-refractivity contribution in [2.45, 2.75) is 45.7 Å². The van der Waals surface area contributed by atoms with Gasteiger partial charge < -0.3 is 4.42 Å². The lowest BCUT2D eigenvalue weighted by molar-refractivity contribution is -0.118. The van der Waals surface area contributed by atoms with Gasteiger partial charge in [0.25, 0.3) is 0 Å². The number of aryl methyl sites for hydroxylation is 1. The summed E-state index contributed by atoms with van der Waals surface area (Å²) >= 11 is 0. The van der Waals surface area contributed by atoms with E-state index in [0.29, 0.717) is 12.5 Å². The standard InChI is InChI=1S/C19H21N3O2/c1-12-4-5-16-15(11-24-17(16)8-12)10-19(23)21-13(2)9-14(3)22-18(21)6-7-20-22/h4-8,11,13-14H,9-10H2,1-3H3/t13-,14-/m1/s1. The molecule has 124 valence electrons.